The van der Waals surface area contributed by atoms with Crippen LogP contribution in [0, 0.1) is 5.92 Å². The minimum atomic E-state index is -0.382. The van der Waals surface area contributed by atoms with Gasteiger partial charge >= 0.3 is 5.97 Å². The number of carbonyl (C=O) groups excluding carboxylic acids is 1. The molecule has 1 aromatic rings. The standard InChI is InChI=1S/C12H10Cl2O2/c13-11(14)6-9-10(7-16-12(9)15)8-4-2-1-3-5-8/h1-6,9-10H,7H2/t9-,10-/m0/s1. The van der Waals surface area contributed by atoms with Crippen molar-refractivity contribution in [1.29, 1.82) is 0 Å². The second-order valence-corrected chi connectivity index (χ2v) is 4.64. The van der Waals surface area contributed by atoms with Gasteiger partial charge in [-0.2, -0.15) is 0 Å². The third-order valence-corrected chi connectivity index (χ3v) is 2.90. The van der Waals surface area contributed by atoms with E-state index in [2.05, 4.69) is 0 Å². The summed E-state index contributed by atoms with van der Waals surface area (Å²) in [6.45, 7) is 0.380. The van der Waals surface area contributed by atoms with Gasteiger partial charge in [-0.15, -0.1) is 0 Å². The first-order chi connectivity index (χ1) is 7.68. The fraction of sp³-hybridized carbons (Fsp3) is 0.250. The van der Waals surface area contributed by atoms with Gasteiger partial charge in [0.1, 0.15) is 4.49 Å². The number of halogens is 2. The molecule has 1 fully saturated rings. The molecule has 16 heavy (non-hydrogen) atoms. The van der Waals surface area contributed by atoms with Crippen LogP contribution in [0.3, 0.4) is 0 Å². The zero-order valence-corrected chi connectivity index (χ0v) is 9.91. The highest BCUT2D eigenvalue weighted by Gasteiger charge is 2.36. The number of benzene rings is 1. The molecule has 0 radical (unpaired) electrons. The number of hydrogen-bond acceptors (Lipinski definition) is 2. The van der Waals surface area contributed by atoms with E-state index in [0.29, 0.717) is 6.61 Å². The van der Waals surface area contributed by atoms with Crippen molar-refractivity contribution in [3.05, 3.63) is 46.5 Å². The monoisotopic (exact) mass is 256 g/mol. The van der Waals surface area contributed by atoms with Crippen molar-refractivity contribution in [2.45, 2.75) is 5.92 Å². The quantitative estimate of drug-likeness (QED) is 0.760. The van der Waals surface area contributed by atoms with Crippen LogP contribution in [0.1, 0.15) is 11.5 Å². The lowest BCUT2D eigenvalue weighted by Gasteiger charge is -2.11. The van der Waals surface area contributed by atoms with Crippen molar-refractivity contribution in [3.8, 4) is 0 Å². The van der Waals surface area contributed by atoms with Crippen molar-refractivity contribution in [2.75, 3.05) is 6.61 Å². The number of ether oxygens (including phenoxy) is 1. The lowest BCUT2D eigenvalue weighted by Crippen LogP contribution is -2.11. The van der Waals surface area contributed by atoms with Crippen LogP contribution in [0.2, 0.25) is 0 Å². The van der Waals surface area contributed by atoms with Crippen molar-refractivity contribution in [3.63, 3.8) is 0 Å². The summed E-state index contributed by atoms with van der Waals surface area (Å²) in [5, 5.41) is 0. The van der Waals surface area contributed by atoms with E-state index in [9.17, 15) is 4.79 Å². The third kappa shape index (κ3) is 2.39. The van der Waals surface area contributed by atoms with E-state index in [0.717, 1.165) is 5.56 Å². The Morgan fingerprint density at radius 1 is 1.31 bits per heavy atom. The topological polar surface area (TPSA) is 26.3 Å². The van der Waals surface area contributed by atoms with Gasteiger partial charge in [-0.1, -0.05) is 53.5 Å². The summed E-state index contributed by atoms with van der Waals surface area (Å²) in [4.78, 5) is 11.5. The molecule has 1 aromatic carbocycles. The zero-order valence-electron chi connectivity index (χ0n) is 8.40. The van der Waals surface area contributed by atoms with Gasteiger partial charge < -0.3 is 4.74 Å². The third-order valence-electron chi connectivity index (χ3n) is 2.64. The maximum absolute atomic E-state index is 11.5. The molecule has 84 valence electrons. The molecule has 0 amide bonds. The Labute approximate surface area is 104 Å². The summed E-state index contributed by atoms with van der Waals surface area (Å²) in [7, 11) is 0. The molecule has 2 atom stereocenters. The first-order valence-electron chi connectivity index (χ1n) is 4.93. The van der Waals surface area contributed by atoms with Crippen LogP contribution in [-0.2, 0) is 9.53 Å². The smallest absolute Gasteiger partial charge is 0.313 e. The van der Waals surface area contributed by atoms with Gasteiger partial charge in [-0.3, -0.25) is 4.79 Å². The molecule has 4 heteroatoms. The number of carbonyl (C=O) groups is 1. The van der Waals surface area contributed by atoms with Crippen LogP contribution < -0.4 is 0 Å². The molecule has 0 N–H and O–H groups in total. The number of cyclic esters (lactones) is 1. The highest BCUT2D eigenvalue weighted by Crippen LogP contribution is 2.34. The zero-order chi connectivity index (χ0) is 11.5. The minimum Gasteiger partial charge on any atom is -0.465 e. The average Bonchev–Trinajstić information content (AvgIpc) is 2.61. The number of rotatable bonds is 2. The fourth-order valence-electron chi connectivity index (χ4n) is 1.86. The molecule has 1 aliphatic heterocycles. The van der Waals surface area contributed by atoms with Crippen LogP contribution in [-0.4, -0.2) is 12.6 Å². The van der Waals surface area contributed by atoms with Gasteiger partial charge in [0.2, 0.25) is 0 Å². The lowest BCUT2D eigenvalue weighted by molar-refractivity contribution is -0.140. The second-order valence-electron chi connectivity index (χ2n) is 3.63. The van der Waals surface area contributed by atoms with Crippen molar-refractivity contribution < 1.29 is 9.53 Å². The Balaban J connectivity index is 2.28. The molecule has 1 saturated heterocycles. The number of esters is 1. The van der Waals surface area contributed by atoms with Crippen molar-refractivity contribution >= 4 is 29.2 Å². The lowest BCUT2D eigenvalue weighted by atomic mass is 9.89. The van der Waals surface area contributed by atoms with Crippen molar-refractivity contribution in [2.24, 2.45) is 5.92 Å². The molecule has 1 heterocycles. The Kier molecular flexibility index (Phi) is 3.52. The summed E-state index contributed by atoms with van der Waals surface area (Å²) in [5.41, 5.74) is 1.06. The Bertz CT molecular complexity index is 410. The SMILES string of the molecule is O=C1OC[C@@H](c2ccccc2)[C@@H]1C=C(Cl)Cl. The molecule has 0 unspecified atom stereocenters. The number of hydrogen-bond donors (Lipinski definition) is 0. The normalized spacial score (nSPS) is 24.0. The molecule has 2 rings (SSSR count). The van der Waals surface area contributed by atoms with Crippen LogP contribution in [0.5, 0.6) is 0 Å². The van der Waals surface area contributed by atoms with Crippen LogP contribution in [0.25, 0.3) is 0 Å². The average molecular weight is 257 g/mol. The molecular weight excluding hydrogens is 247 g/mol. The predicted molar refractivity (Wildman–Crippen MR) is 63.4 cm³/mol. The molecule has 2 nitrogen and oxygen atoms in total. The fourth-order valence-corrected chi connectivity index (χ4v) is 2.13. The Morgan fingerprint density at radius 2 is 2.00 bits per heavy atom. The van der Waals surface area contributed by atoms with Gasteiger partial charge in [-0.05, 0) is 11.6 Å². The van der Waals surface area contributed by atoms with E-state index in [1.807, 2.05) is 30.3 Å². The summed E-state index contributed by atoms with van der Waals surface area (Å²) in [6.07, 6.45) is 1.54. The summed E-state index contributed by atoms with van der Waals surface area (Å²) in [6, 6.07) is 9.73. The first-order valence-corrected chi connectivity index (χ1v) is 5.68. The molecule has 0 spiro atoms. The van der Waals surface area contributed by atoms with Gasteiger partial charge in [0, 0.05) is 5.92 Å². The highest BCUT2D eigenvalue weighted by molar-refractivity contribution is 6.55. The molecule has 0 saturated carbocycles. The van der Waals surface area contributed by atoms with Crippen LogP contribution in [0.15, 0.2) is 40.9 Å². The van der Waals surface area contributed by atoms with Crippen LogP contribution in [0.4, 0.5) is 0 Å². The summed E-state index contributed by atoms with van der Waals surface area (Å²) in [5.74, 6) is -0.652. The summed E-state index contributed by atoms with van der Waals surface area (Å²) < 4.78 is 5.13. The highest BCUT2D eigenvalue weighted by atomic mass is 35.5. The van der Waals surface area contributed by atoms with Gasteiger partial charge in [-0.25, -0.2) is 0 Å². The molecular formula is C12H10Cl2O2. The van der Waals surface area contributed by atoms with E-state index >= 15 is 0 Å². The van der Waals surface area contributed by atoms with Gasteiger partial charge in [0.25, 0.3) is 0 Å². The van der Waals surface area contributed by atoms with E-state index in [1.165, 1.54) is 6.08 Å². The van der Waals surface area contributed by atoms with E-state index in [1.54, 1.807) is 0 Å². The van der Waals surface area contributed by atoms with E-state index in [4.69, 9.17) is 27.9 Å². The van der Waals surface area contributed by atoms with Gasteiger partial charge in [0.05, 0.1) is 12.5 Å². The van der Waals surface area contributed by atoms with Gasteiger partial charge in [0.15, 0.2) is 0 Å². The second kappa shape index (κ2) is 4.89. The predicted octanol–water partition coefficient (Wildman–Crippen LogP) is 3.26. The van der Waals surface area contributed by atoms with E-state index < -0.39 is 0 Å². The maximum atomic E-state index is 11.5. The summed E-state index contributed by atoms with van der Waals surface area (Å²) >= 11 is 11.2. The molecule has 0 bridgehead atoms. The molecule has 1 aliphatic rings. The molecule has 0 aliphatic carbocycles. The van der Waals surface area contributed by atoms with E-state index in [-0.39, 0.29) is 22.3 Å². The minimum absolute atomic E-state index is 0.00111. The largest absolute Gasteiger partial charge is 0.465 e. The van der Waals surface area contributed by atoms with Crippen molar-refractivity contribution in [1.82, 2.24) is 0 Å². The first kappa shape index (κ1) is 11.5. The maximum Gasteiger partial charge on any atom is 0.313 e. The van der Waals surface area contributed by atoms with Crippen LogP contribution >= 0.6 is 23.2 Å². The Morgan fingerprint density at radius 3 is 2.62 bits per heavy atom. The molecule has 0 aromatic heterocycles. The Hall–Kier alpha value is -0.990.